The fraction of sp³-hybridized carbons (Fsp3) is 0.923. The van der Waals surface area contributed by atoms with Crippen LogP contribution in [0.2, 0.25) is 0 Å². The first-order chi connectivity index (χ1) is 7.75. The summed E-state index contributed by atoms with van der Waals surface area (Å²) in [5.41, 5.74) is 0. The van der Waals surface area contributed by atoms with E-state index in [1.54, 1.807) is 0 Å². The third-order valence-corrected chi connectivity index (χ3v) is 4.04. The zero-order chi connectivity index (χ0) is 11.4. The summed E-state index contributed by atoms with van der Waals surface area (Å²) < 4.78 is 0. The van der Waals surface area contributed by atoms with Crippen molar-refractivity contribution >= 4 is 5.91 Å². The fourth-order valence-corrected chi connectivity index (χ4v) is 2.98. The van der Waals surface area contributed by atoms with Crippen LogP contribution >= 0.6 is 0 Å². The summed E-state index contributed by atoms with van der Waals surface area (Å²) in [6.07, 6.45) is 6.12. The number of nitrogens with one attached hydrogen (secondary N) is 2. The average molecular weight is 224 g/mol. The molecule has 2 rings (SSSR count). The smallest absolute Gasteiger partial charge is 0.224 e. The molecule has 3 heteroatoms. The standard InChI is InChI=1S/C13H24N2O/c1-10-4-5-11(7-10)8-15-13(16)12-3-2-6-14-9-12/h10-12,14H,2-9H2,1H3,(H,15,16)/t10?,11?,12-/m0/s1. The van der Waals surface area contributed by atoms with E-state index < -0.39 is 0 Å². The maximum absolute atomic E-state index is 11.9. The van der Waals surface area contributed by atoms with Crippen LogP contribution in [0.5, 0.6) is 0 Å². The van der Waals surface area contributed by atoms with Crippen LogP contribution in [0.15, 0.2) is 0 Å². The van der Waals surface area contributed by atoms with Crippen LogP contribution in [0.4, 0.5) is 0 Å². The number of hydrogen-bond acceptors (Lipinski definition) is 2. The van der Waals surface area contributed by atoms with Crippen molar-refractivity contribution in [1.29, 1.82) is 0 Å². The normalized spacial score (nSPS) is 34.9. The molecule has 2 aliphatic rings. The van der Waals surface area contributed by atoms with Crippen LogP contribution in [0.3, 0.4) is 0 Å². The molecule has 0 radical (unpaired) electrons. The van der Waals surface area contributed by atoms with E-state index in [1.807, 2.05) is 0 Å². The van der Waals surface area contributed by atoms with Gasteiger partial charge in [-0.1, -0.05) is 13.3 Å². The lowest BCUT2D eigenvalue weighted by Gasteiger charge is -2.22. The van der Waals surface area contributed by atoms with Gasteiger partial charge in [-0.25, -0.2) is 0 Å². The molecule has 0 spiro atoms. The van der Waals surface area contributed by atoms with Gasteiger partial charge in [0.05, 0.1) is 5.92 Å². The van der Waals surface area contributed by atoms with Crippen LogP contribution < -0.4 is 10.6 Å². The van der Waals surface area contributed by atoms with Crippen molar-refractivity contribution in [3.05, 3.63) is 0 Å². The van der Waals surface area contributed by atoms with Crippen molar-refractivity contribution < 1.29 is 4.79 Å². The molecule has 3 nitrogen and oxygen atoms in total. The summed E-state index contributed by atoms with van der Waals surface area (Å²) in [5.74, 6) is 2.08. The lowest BCUT2D eigenvalue weighted by atomic mass is 9.98. The second-order valence-corrected chi connectivity index (χ2v) is 5.57. The Kier molecular flexibility index (Phi) is 4.22. The topological polar surface area (TPSA) is 41.1 Å². The van der Waals surface area contributed by atoms with E-state index in [2.05, 4.69) is 17.6 Å². The van der Waals surface area contributed by atoms with Gasteiger partial charge in [0.25, 0.3) is 0 Å². The number of rotatable bonds is 3. The summed E-state index contributed by atoms with van der Waals surface area (Å²) in [4.78, 5) is 11.9. The molecule has 0 aromatic carbocycles. The van der Waals surface area contributed by atoms with Crippen LogP contribution in [0.25, 0.3) is 0 Å². The van der Waals surface area contributed by atoms with Gasteiger partial charge < -0.3 is 10.6 Å². The summed E-state index contributed by atoms with van der Waals surface area (Å²) in [6, 6.07) is 0. The molecule has 92 valence electrons. The molecule has 0 aromatic heterocycles. The number of carbonyl (C=O) groups excluding carboxylic acids is 1. The van der Waals surface area contributed by atoms with Crippen LogP contribution in [-0.4, -0.2) is 25.5 Å². The number of hydrogen-bond donors (Lipinski definition) is 2. The number of piperidine rings is 1. The Morgan fingerprint density at radius 1 is 1.38 bits per heavy atom. The van der Waals surface area contributed by atoms with E-state index >= 15 is 0 Å². The Bertz CT molecular complexity index is 236. The Hall–Kier alpha value is -0.570. The minimum Gasteiger partial charge on any atom is -0.356 e. The largest absolute Gasteiger partial charge is 0.356 e. The summed E-state index contributed by atoms with van der Waals surface area (Å²) >= 11 is 0. The zero-order valence-corrected chi connectivity index (χ0v) is 10.3. The van der Waals surface area contributed by atoms with Crippen LogP contribution in [0, 0.1) is 17.8 Å². The van der Waals surface area contributed by atoms with E-state index in [0.29, 0.717) is 0 Å². The van der Waals surface area contributed by atoms with Crippen molar-refractivity contribution in [2.24, 2.45) is 17.8 Å². The van der Waals surface area contributed by atoms with Gasteiger partial charge in [-0.2, -0.15) is 0 Å². The highest BCUT2D eigenvalue weighted by atomic mass is 16.1. The average Bonchev–Trinajstić information content (AvgIpc) is 2.73. The van der Waals surface area contributed by atoms with Gasteiger partial charge in [0.1, 0.15) is 0 Å². The molecule has 2 unspecified atom stereocenters. The Balaban J connectivity index is 1.66. The minimum absolute atomic E-state index is 0.215. The second-order valence-electron chi connectivity index (χ2n) is 5.57. The molecule has 1 aliphatic carbocycles. The predicted octanol–water partition coefficient (Wildman–Crippen LogP) is 1.54. The maximum atomic E-state index is 11.9. The van der Waals surface area contributed by atoms with Gasteiger partial charge in [-0.3, -0.25) is 4.79 Å². The van der Waals surface area contributed by atoms with Crippen molar-refractivity contribution in [2.45, 2.75) is 39.0 Å². The molecule has 1 saturated carbocycles. The Morgan fingerprint density at radius 2 is 2.25 bits per heavy atom. The second kappa shape index (κ2) is 5.67. The summed E-state index contributed by atoms with van der Waals surface area (Å²) in [7, 11) is 0. The third kappa shape index (κ3) is 3.21. The van der Waals surface area contributed by atoms with Gasteiger partial charge in [-0.05, 0) is 44.1 Å². The number of amides is 1. The highest BCUT2D eigenvalue weighted by molar-refractivity contribution is 5.78. The molecule has 0 bridgehead atoms. The number of carbonyl (C=O) groups is 1. The van der Waals surface area contributed by atoms with E-state index in [1.165, 1.54) is 19.3 Å². The highest BCUT2D eigenvalue weighted by Crippen LogP contribution is 2.29. The van der Waals surface area contributed by atoms with Crippen LogP contribution in [-0.2, 0) is 4.79 Å². The molecule has 1 heterocycles. The van der Waals surface area contributed by atoms with Gasteiger partial charge in [0.2, 0.25) is 5.91 Å². The summed E-state index contributed by atoms with van der Waals surface area (Å²) in [5, 5.41) is 6.43. The maximum Gasteiger partial charge on any atom is 0.224 e. The fourth-order valence-electron chi connectivity index (χ4n) is 2.98. The molecule has 16 heavy (non-hydrogen) atoms. The first-order valence-electron chi connectivity index (χ1n) is 6.74. The Morgan fingerprint density at radius 3 is 2.88 bits per heavy atom. The lowest BCUT2D eigenvalue weighted by molar-refractivity contribution is -0.125. The molecular formula is C13H24N2O. The molecule has 1 aliphatic heterocycles. The molecular weight excluding hydrogens is 200 g/mol. The van der Waals surface area contributed by atoms with Gasteiger partial charge in [-0.15, -0.1) is 0 Å². The van der Waals surface area contributed by atoms with E-state index in [0.717, 1.165) is 44.3 Å². The van der Waals surface area contributed by atoms with E-state index in [9.17, 15) is 4.79 Å². The first-order valence-corrected chi connectivity index (χ1v) is 6.74. The molecule has 1 saturated heterocycles. The third-order valence-electron chi connectivity index (χ3n) is 4.04. The molecule has 0 aromatic rings. The molecule has 1 amide bonds. The summed E-state index contributed by atoms with van der Waals surface area (Å²) in [6.45, 7) is 5.16. The first kappa shape index (κ1) is 11.9. The quantitative estimate of drug-likeness (QED) is 0.763. The molecule has 2 N–H and O–H groups in total. The molecule has 2 fully saturated rings. The van der Waals surface area contributed by atoms with Crippen molar-refractivity contribution in [3.8, 4) is 0 Å². The van der Waals surface area contributed by atoms with Gasteiger partial charge in [0, 0.05) is 13.1 Å². The lowest BCUT2D eigenvalue weighted by Crippen LogP contribution is -2.41. The van der Waals surface area contributed by atoms with Crippen LogP contribution in [0.1, 0.15) is 39.0 Å². The highest BCUT2D eigenvalue weighted by Gasteiger charge is 2.24. The zero-order valence-electron chi connectivity index (χ0n) is 10.3. The van der Waals surface area contributed by atoms with E-state index in [4.69, 9.17) is 0 Å². The molecule has 3 atom stereocenters. The SMILES string of the molecule is CC1CCC(CNC(=O)[C@H]2CCCNC2)C1. The van der Waals surface area contributed by atoms with Gasteiger partial charge >= 0.3 is 0 Å². The Labute approximate surface area is 98.4 Å². The van der Waals surface area contributed by atoms with Crippen molar-refractivity contribution in [3.63, 3.8) is 0 Å². The minimum atomic E-state index is 0.215. The van der Waals surface area contributed by atoms with E-state index in [-0.39, 0.29) is 11.8 Å². The van der Waals surface area contributed by atoms with Gasteiger partial charge in [0.15, 0.2) is 0 Å². The monoisotopic (exact) mass is 224 g/mol. The van der Waals surface area contributed by atoms with Crippen molar-refractivity contribution in [2.75, 3.05) is 19.6 Å². The van der Waals surface area contributed by atoms with Crippen molar-refractivity contribution in [1.82, 2.24) is 10.6 Å². The predicted molar refractivity (Wildman–Crippen MR) is 65.1 cm³/mol.